The molecule has 0 fully saturated rings. The van der Waals surface area contributed by atoms with Crippen molar-refractivity contribution < 1.29 is 23.9 Å². The number of carbonyl (C=O) groups excluding carboxylic acids is 3. The van der Waals surface area contributed by atoms with Gasteiger partial charge in [0.25, 0.3) is 5.91 Å². The maximum Gasteiger partial charge on any atom is 0.344 e. The van der Waals surface area contributed by atoms with Crippen LogP contribution in [-0.4, -0.2) is 37.1 Å². The number of rotatable bonds is 8. The molecule has 0 heterocycles. The van der Waals surface area contributed by atoms with E-state index in [1.54, 1.807) is 30.3 Å². The van der Waals surface area contributed by atoms with Crippen molar-refractivity contribution in [3.8, 4) is 5.75 Å². The summed E-state index contributed by atoms with van der Waals surface area (Å²) in [5, 5.41) is 2.70. The zero-order valence-corrected chi connectivity index (χ0v) is 15.3. The molecular weight excluding hydrogens is 354 g/mol. The highest BCUT2D eigenvalue weighted by Gasteiger charge is 2.11. The molecule has 1 amide bonds. The average Bonchev–Trinajstić information content (AvgIpc) is 2.65. The second-order valence-electron chi connectivity index (χ2n) is 5.28. The molecule has 0 aliphatic rings. The topological polar surface area (TPSA) is 81.7 Å². The van der Waals surface area contributed by atoms with Gasteiger partial charge in [-0.05, 0) is 37.4 Å². The van der Waals surface area contributed by atoms with Gasteiger partial charge in [0, 0.05) is 10.5 Å². The summed E-state index contributed by atoms with van der Waals surface area (Å²) in [4.78, 5) is 35.9. The van der Waals surface area contributed by atoms with Crippen LogP contribution in [0.3, 0.4) is 0 Å². The van der Waals surface area contributed by atoms with E-state index in [4.69, 9.17) is 9.47 Å². The van der Waals surface area contributed by atoms with Crippen LogP contribution >= 0.6 is 11.8 Å². The number of para-hydroxylation sites is 1. The Labute approximate surface area is 155 Å². The number of anilines is 1. The molecule has 0 aromatic heterocycles. The first kappa shape index (κ1) is 19.5. The minimum absolute atomic E-state index is 0.0970. The number of esters is 1. The van der Waals surface area contributed by atoms with Gasteiger partial charge in [-0.2, -0.15) is 0 Å². The maximum atomic E-state index is 11.9. The summed E-state index contributed by atoms with van der Waals surface area (Å²) in [5.74, 6) is -0.821. The lowest BCUT2D eigenvalue weighted by atomic mass is 10.1. The highest BCUT2D eigenvalue weighted by molar-refractivity contribution is 7.98. The van der Waals surface area contributed by atoms with E-state index in [2.05, 4.69) is 5.32 Å². The van der Waals surface area contributed by atoms with E-state index in [1.807, 2.05) is 24.5 Å². The summed E-state index contributed by atoms with van der Waals surface area (Å²) in [5.41, 5.74) is 1.15. The third-order valence-corrected chi connectivity index (χ3v) is 4.14. The van der Waals surface area contributed by atoms with Crippen LogP contribution in [0.1, 0.15) is 17.3 Å². The number of hydrogen-bond acceptors (Lipinski definition) is 6. The van der Waals surface area contributed by atoms with Gasteiger partial charge in [-0.15, -0.1) is 11.8 Å². The van der Waals surface area contributed by atoms with Crippen molar-refractivity contribution in [3.05, 3.63) is 54.1 Å². The molecule has 0 aliphatic heterocycles. The Balaban J connectivity index is 1.78. The molecule has 6 nitrogen and oxygen atoms in total. The van der Waals surface area contributed by atoms with Crippen LogP contribution in [-0.2, 0) is 14.3 Å². The third-order valence-electron chi connectivity index (χ3n) is 3.34. The Morgan fingerprint density at radius 1 is 1.04 bits per heavy atom. The lowest BCUT2D eigenvalue weighted by Gasteiger charge is -2.10. The molecule has 0 saturated heterocycles. The van der Waals surface area contributed by atoms with Gasteiger partial charge >= 0.3 is 5.97 Å². The summed E-state index contributed by atoms with van der Waals surface area (Å²) in [7, 11) is 0. The van der Waals surface area contributed by atoms with Crippen LogP contribution in [0.2, 0.25) is 0 Å². The Morgan fingerprint density at radius 2 is 1.81 bits per heavy atom. The number of carbonyl (C=O) groups is 3. The fourth-order valence-electron chi connectivity index (χ4n) is 2.07. The molecular formula is C19H19NO5S. The number of ether oxygens (including phenoxy) is 2. The van der Waals surface area contributed by atoms with Crippen LogP contribution in [0.15, 0.2) is 53.4 Å². The first-order chi connectivity index (χ1) is 12.5. The van der Waals surface area contributed by atoms with Crippen molar-refractivity contribution in [1.29, 1.82) is 0 Å². The largest absolute Gasteiger partial charge is 0.482 e. The standard InChI is InChI=1S/C19H19NO5S/c1-13(21)14-6-5-7-15(10-14)24-12-19(23)25-11-18(22)20-16-8-3-4-9-17(16)26-2/h3-10H,11-12H2,1-2H3,(H,20,22). The Kier molecular flexibility index (Phi) is 7.23. The van der Waals surface area contributed by atoms with Crippen molar-refractivity contribution in [3.63, 3.8) is 0 Å². The fraction of sp³-hybridized carbons (Fsp3) is 0.211. The van der Waals surface area contributed by atoms with Gasteiger partial charge < -0.3 is 14.8 Å². The van der Waals surface area contributed by atoms with Gasteiger partial charge in [0.15, 0.2) is 19.0 Å². The van der Waals surface area contributed by atoms with Crippen molar-refractivity contribution in [1.82, 2.24) is 0 Å². The maximum absolute atomic E-state index is 11.9. The predicted molar refractivity (Wildman–Crippen MR) is 99.8 cm³/mol. The molecule has 0 spiro atoms. The number of thioether (sulfide) groups is 1. The van der Waals surface area contributed by atoms with Gasteiger partial charge in [0.1, 0.15) is 5.75 Å². The van der Waals surface area contributed by atoms with E-state index < -0.39 is 18.5 Å². The second kappa shape index (κ2) is 9.62. The molecule has 7 heteroatoms. The molecule has 0 bridgehead atoms. The van der Waals surface area contributed by atoms with Gasteiger partial charge in [0.05, 0.1) is 5.69 Å². The quantitative estimate of drug-likeness (QED) is 0.435. The number of benzene rings is 2. The molecule has 0 aliphatic carbocycles. The summed E-state index contributed by atoms with van der Waals surface area (Å²) in [6, 6.07) is 13.8. The number of ketones is 1. The summed E-state index contributed by atoms with van der Waals surface area (Å²) < 4.78 is 10.2. The number of nitrogens with one attached hydrogen (secondary N) is 1. The van der Waals surface area contributed by atoms with E-state index in [0.717, 1.165) is 4.90 Å². The number of amides is 1. The minimum Gasteiger partial charge on any atom is -0.482 e. The number of Topliss-reactive ketones (excluding diaryl/α,β-unsaturated/α-hetero) is 1. The zero-order valence-electron chi connectivity index (χ0n) is 14.5. The molecule has 0 saturated carbocycles. The van der Waals surface area contributed by atoms with Crippen molar-refractivity contribution >= 4 is 35.1 Å². The lowest BCUT2D eigenvalue weighted by Crippen LogP contribution is -2.23. The van der Waals surface area contributed by atoms with E-state index >= 15 is 0 Å². The van der Waals surface area contributed by atoms with Gasteiger partial charge in [-0.3, -0.25) is 9.59 Å². The van der Waals surface area contributed by atoms with Crippen molar-refractivity contribution in [2.75, 3.05) is 24.8 Å². The van der Waals surface area contributed by atoms with Crippen LogP contribution in [0.25, 0.3) is 0 Å². The predicted octanol–water partition coefficient (Wildman–Crippen LogP) is 3.17. The van der Waals surface area contributed by atoms with Crippen LogP contribution in [0, 0.1) is 0 Å². The van der Waals surface area contributed by atoms with E-state index in [-0.39, 0.29) is 12.4 Å². The highest BCUT2D eigenvalue weighted by Crippen LogP contribution is 2.24. The monoisotopic (exact) mass is 373 g/mol. The molecule has 1 N–H and O–H groups in total. The molecule has 2 rings (SSSR count). The average molecular weight is 373 g/mol. The molecule has 0 atom stereocenters. The molecule has 0 radical (unpaired) electrons. The third kappa shape index (κ3) is 5.93. The molecule has 0 unspecified atom stereocenters. The second-order valence-corrected chi connectivity index (χ2v) is 6.13. The normalized spacial score (nSPS) is 10.1. The number of hydrogen-bond donors (Lipinski definition) is 1. The fourth-order valence-corrected chi connectivity index (χ4v) is 2.62. The van der Waals surface area contributed by atoms with E-state index in [0.29, 0.717) is 17.0 Å². The van der Waals surface area contributed by atoms with Gasteiger partial charge in [0.2, 0.25) is 0 Å². The van der Waals surface area contributed by atoms with E-state index in [1.165, 1.54) is 18.7 Å². The summed E-state index contributed by atoms with van der Waals surface area (Å²) >= 11 is 1.50. The van der Waals surface area contributed by atoms with Gasteiger partial charge in [-0.25, -0.2) is 4.79 Å². The summed E-state index contributed by atoms with van der Waals surface area (Å²) in [6.07, 6.45) is 1.91. The Hall–Kier alpha value is -2.80. The first-order valence-electron chi connectivity index (χ1n) is 7.82. The van der Waals surface area contributed by atoms with Crippen LogP contribution in [0.4, 0.5) is 5.69 Å². The Bertz CT molecular complexity index is 806. The van der Waals surface area contributed by atoms with Crippen LogP contribution in [0.5, 0.6) is 5.75 Å². The summed E-state index contributed by atoms with van der Waals surface area (Å²) in [6.45, 7) is 0.690. The SMILES string of the molecule is CSc1ccccc1NC(=O)COC(=O)COc1cccc(C(C)=O)c1. The van der Waals surface area contributed by atoms with Gasteiger partial charge in [-0.1, -0.05) is 24.3 Å². The van der Waals surface area contributed by atoms with E-state index in [9.17, 15) is 14.4 Å². The molecule has 2 aromatic rings. The zero-order chi connectivity index (χ0) is 18.9. The lowest BCUT2D eigenvalue weighted by molar-refractivity contribution is -0.149. The highest BCUT2D eigenvalue weighted by atomic mass is 32.2. The van der Waals surface area contributed by atoms with Crippen LogP contribution < -0.4 is 10.1 Å². The van der Waals surface area contributed by atoms with Crippen molar-refractivity contribution in [2.24, 2.45) is 0 Å². The first-order valence-corrected chi connectivity index (χ1v) is 9.04. The molecule has 26 heavy (non-hydrogen) atoms. The minimum atomic E-state index is -0.675. The molecule has 2 aromatic carbocycles. The van der Waals surface area contributed by atoms with Crippen molar-refractivity contribution in [2.45, 2.75) is 11.8 Å². The smallest absolute Gasteiger partial charge is 0.344 e. The Morgan fingerprint density at radius 3 is 2.54 bits per heavy atom. The molecule has 136 valence electrons.